The first-order valence-electron chi connectivity index (χ1n) is 4.81. The Balaban J connectivity index is 2.61. The molecule has 0 saturated carbocycles. The zero-order valence-corrected chi connectivity index (χ0v) is 7.96. The lowest BCUT2D eigenvalue weighted by atomic mass is 9.86. The number of nitriles is 1. The topological polar surface area (TPSA) is 75.8 Å². The number of nitrogens with two attached hydrogens (primary N) is 2. The molecule has 0 radical (unpaired) electrons. The Bertz CT molecular complexity index is 404. The van der Waals surface area contributed by atoms with Gasteiger partial charge in [0.15, 0.2) is 0 Å². The van der Waals surface area contributed by atoms with Gasteiger partial charge in [-0.25, -0.2) is 0 Å². The number of nitrogen functional groups attached to an aromatic ring is 1. The number of anilines is 1. The van der Waals surface area contributed by atoms with Crippen molar-refractivity contribution in [1.82, 2.24) is 0 Å². The molecule has 3 nitrogen and oxygen atoms in total. The Morgan fingerprint density at radius 3 is 2.93 bits per heavy atom. The molecule has 1 aliphatic carbocycles. The van der Waals surface area contributed by atoms with Gasteiger partial charge in [-0.05, 0) is 36.5 Å². The Hall–Kier alpha value is -1.53. The number of nitrogens with zero attached hydrogens (tertiary/aromatic N) is 1. The molecular weight excluding hydrogens is 174 g/mol. The van der Waals surface area contributed by atoms with E-state index in [-0.39, 0.29) is 6.04 Å². The zero-order valence-electron chi connectivity index (χ0n) is 7.96. The summed E-state index contributed by atoms with van der Waals surface area (Å²) in [6.07, 6.45) is 3.10. The summed E-state index contributed by atoms with van der Waals surface area (Å²) in [5, 5.41) is 8.84. The van der Waals surface area contributed by atoms with E-state index in [1.165, 1.54) is 5.56 Å². The van der Waals surface area contributed by atoms with Crippen LogP contribution in [0.15, 0.2) is 12.1 Å². The fourth-order valence-corrected chi connectivity index (χ4v) is 2.09. The van der Waals surface area contributed by atoms with Crippen LogP contribution < -0.4 is 11.5 Å². The molecule has 2 rings (SSSR count). The van der Waals surface area contributed by atoms with Crippen LogP contribution in [0.1, 0.15) is 35.6 Å². The van der Waals surface area contributed by atoms with Gasteiger partial charge in [-0.2, -0.15) is 5.26 Å². The molecule has 0 aliphatic heterocycles. The molecule has 0 bridgehead atoms. The third kappa shape index (κ3) is 1.24. The summed E-state index contributed by atoms with van der Waals surface area (Å²) < 4.78 is 0. The fourth-order valence-electron chi connectivity index (χ4n) is 2.09. The summed E-state index contributed by atoms with van der Waals surface area (Å²) >= 11 is 0. The third-order valence-corrected chi connectivity index (χ3v) is 2.83. The lowest BCUT2D eigenvalue weighted by Gasteiger charge is -2.24. The van der Waals surface area contributed by atoms with E-state index in [0.717, 1.165) is 24.8 Å². The maximum absolute atomic E-state index is 8.84. The molecule has 1 aromatic carbocycles. The van der Waals surface area contributed by atoms with Gasteiger partial charge in [-0.1, -0.05) is 6.07 Å². The molecule has 0 aromatic heterocycles. The van der Waals surface area contributed by atoms with Crippen LogP contribution in [0, 0.1) is 11.3 Å². The summed E-state index contributed by atoms with van der Waals surface area (Å²) in [4.78, 5) is 0. The second kappa shape index (κ2) is 3.32. The highest BCUT2D eigenvalue weighted by atomic mass is 14.7. The van der Waals surface area contributed by atoms with Gasteiger partial charge in [0.25, 0.3) is 0 Å². The van der Waals surface area contributed by atoms with Crippen LogP contribution in [0.5, 0.6) is 0 Å². The summed E-state index contributed by atoms with van der Waals surface area (Å²) in [7, 11) is 0. The maximum Gasteiger partial charge on any atom is 0.101 e. The van der Waals surface area contributed by atoms with E-state index < -0.39 is 0 Å². The molecule has 0 unspecified atom stereocenters. The van der Waals surface area contributed by atoms with Crippen LogP contribution in [-0.2, 0) is 6.42 Å². The Labute approximate surface area is 83.3 Å². The van der Waals surface area contributed by atoms with Gasteiger partial charge >= 0.3 is 0 Å². The minimum atomic E-state index is 0.00653. The van der Waals surface area contributed by atoms with Gasteiger partial charge in [-0.15, -0.1) is 0 Å². The molecule has 0 heterocycles. The number of aryl methyl sites for hydroxylation is 1. The maximum atomic E-state index is 8.84. The lowest BCUT2D eigenvalue weighted by molar-refractivity contribution is 0.572. The van der Waals surface area contributed by atoms with Crippen LogP contribution in [0.3, 0.4) is 0 Å². The minimum absolute atomic E-state index is 0.00653. The van der Waals surface area contributed by atoms with Gasteiger partial charge in [0.1, 0.15) is 6.07 Å². The summed E-state index contributed by atoms with van der Waals surface area (Å²) in [6, 6.07) is 5.85. The normalized spacial score (nSPS) is 19.9. The molecule has 1 atom stereocenters. The van der Waals surface area contributed by atoms with Crippen molar-refractivity contribution < 1.29 is 0 Å². The van der Waals surface area contributed by atoms with Crippen molar-refractivity contribution in [1.29, 1.82) is 5.26 Å². The molecule has 4 N–H and O–H groups in total. The summed E-state index contributed by atoms with van der Waals surface area (Å²) in [6.45, 7) is 0. The van der Waals surface area contributed by atoms with Crippen molar-refractivity contribution in [3.8, 4) is 6.07 Å². The van der Waals surface area contributed by atoms with Crippen LogP contribution in [0.25, 0.3) is 0 Å². The highest BCUT2D eigenvalue weighted by Crippen LogP contribution is 2.33. The molecule has 1 aliphatic rings. The van der Waals surface area contributed by atoms with Crippen molar-refractivity contribution in [3.63, 3.8) is 0 Å². The number of benzene rings is 1. The standard InChI is InChI=1S/C11H13N3/c12-6-8-5-4-7-2-1-3-9(13)10(7)11(8)14/h4-5,9H,1-3,13-14H2/t9-/m0/s1. The van der Waals surface area contributed by atoms with E-state index in [1.54, 1.807) is 6.07 Å². The minimum Gasteiger partial charge on any atom is -0.397 e. The molecule has 3 heteroatoms. The van der Waals surface area contributed by atoms with E-state index in [9.17, 15) is 0 Å². The summed E-state index contributed by atoms with van der Waals surface area (Å²) in [5.41, 5.74) is 15.2. The molecule has 0 saturated heterocycles. The van der Waals surface area contributed by atoms with E-state index in [4.69, 9.17) is 16.7 Å². The Morgan fingerprint density at radius 1 is 1.43 bits per heavy atom. The van der Waals surface area contributed by atoms with Gasteiger partial charge in [0, 0.05) is 6.04 Å². The number of rotatable bonds is 0. The first-order valence-corrected chi connectivity index (χ1v) is 4.81. The monoisotopic (exact) mass is 187 g/mol. The first kappa shape index (κ1) is 9.04. The summed E-state index contributed by atoms with van der Waals surface area (Å²) in [5.74, 6) is 0. The average molecular weight is 187 g/mol. The van der Waals surface area contributed by atoms with Gasteiger partial charge < -0.3 is 11.5 Å². The van der Waals surface area contributed by atoms with Gasteiger partial charge in [0.2, 0.25) is 0 Å². The predicted octanol–water partition coefficient (Wildman–Crippen LogP) is 1.48. The molecule has 0 amide bonds. The van der Waals surface area contributed by atoms with Crippen molar-refractivity contribution in [2.75, 3.05) is 5.73 Å². The highest BCUT2D eigenvalue weighted by Gasteiger charge is 2.20. The number of fused-ring (bicyclic) bond motifs is 1. The van der Waals surface area contributed by atoms with Crippen molar-refractivity contribution in [2.24, 2.45) is 5.73 Å². The quantitative estimate of drug-likeness (QED) is 0.604. The molecule has 72 valence electrons. The van der Waals surface area contributed by atoms with Crippen molar-refractivity contribution in [2.45, 2.75) is 25.3 Å². The SMILES string of the molecule is N#Cc1ccc2c(c1N)[C@@H](N)CCC2. The number of hydrogen-bond acceptors (Lipinski definition) is 3. The Kier molecular flexibility index (Phi) is 2.14. The van der Waals surface area contributed by atoms with Crippen LogP contribution in [0.4, 0.5) is 5.69 Å². The van der Waals surface area contributed by atoms with Crippen molar-refractivity contribution >= 4 is 5.69 Å². The van der Waals surface area contributed by atoms with Gasteiger partial charge in [-0.3, -0.25) is 0 Å². The molecule has 1 aromatic rings. The second-order valence-corrected chi connectivity index (χ2v) is 3.71. The van der Waals surface area contributed by atoms with E-state index in [1.807, 2.05) is 6.07 Å². The largest absolute Gasteiger partial charge is 0.397 e. The molecule has 14 heavy (non-hydrogen) atoms. The van der Waals surface area contributed by atoms with Crippen LogP contribution in [0.2, 0.25) is 0 Å². The smallest absolute Gasteiger partial charge is 0.101 e. The highest BCUT2D eigenvalue weighted by molar-refractivity contribution is 5.63. The Morgan fingerprint density at radius 2 is 2.21 bits per heavy atom. The molecular formula is C11H13N3. The van der Waals surface area contributed by atoms with E-state index >= 15 is 0 Å². The van der Waals surface area contributed by atoms with Crippen LogP contribution in [-0.4, -0.2) is 0 Å². The fraction of sp³-hybridized carbons (Fsp3) is 0.364. The number of hydrogen-bond donors (Lipinski definition) is 2. The van der Waals surface area contributed by atoms with E-state index in [0.29, 0.717) is 11.3 Å². The zero-order chi connectivity index (χ0) is 10.1. The van der Waals surface area contributed by atoms with Crippen LogP contribution >= 0.6 is 0 Å². The van der Waals surface area contributed by atoms with Gasteiger partial charge in [0.05, 0.1) is 11.3 Å². The van der Waals surface area contributed by atoms with Crippen molar-refractivity contribution in [3.05, 3.63) is 28.8 Å². The average Bonchev–Trinajstić information content (AvgIpc) is 2.18. The third-order valence-electron chi connectivity index (χ3n) is 2.83. The van der Waals surface area contributed by atoms with E-state index in [2.05, 4.69) is 6.07 Å². The molecule has 0 spiro atoms. The first-order chi connectivity index (χ1) is 6.74. The second-order valence-electron chi connectivity index (χ2n) is 3.71. The predicted molar refractivity (Wildman–Crippen MR) is 55.4 cm³/mol. The lowest BCUT2D eigenvalue weighted by Crippen LogP contribution is -2.19. The molecule has 0 fully saturated rings.